The van der Waals surface area contributed by atoms with E-state index < -0.39 is 11.9 Å². The summed E-state index contributed by atoms with van der Waals surface area (Å²) in [5, 5.41) is 40.5. The number of nitrogens with zero attached hydrogens (tertiary/aromatic N) is 6. The molecule has 52 heavy (non-hydrogen) atoms. The highest BCUT2D eigenvalue weighted by Gasteiger charge is 2.25. The van der Waals surface area contributed by atoms with Crippen LogP contribution < -0.4 is 0 Å². The first-order valence-electron chi connectivity index (χ1n) is 17.4. The van der Waals surface area contributed by atoms with Gasteiger partial charge in [0.05, 0.1) is 0 Å². The van der Waals surface area contributed by atoms with Crippen molar-refractivity contribution in [3.05, 3.63) is 95.1 Å². The Morgan fingerprint density at radius 1 is 0.577 bits per heavy atom. The number of hydrogen-bond donors (Lipinski definition) is 2. The van der Waals surface area contributed by atoms with Gasteiger partial charge in [0.1, 0.15) is 58.2 Å². The Morgan fingerprint density at radius 3 is 1.21 bits per heavy atom. The molecule has 0 saturated heterocycles. The van der Waals surface area contributed by atoms with Gasteiger partial charge in [0.15, 0.2) is 0 Å². The molecule has 0 amide bonds. The van der Waals surface area contributed by atoms with Gasteiger partial charge in [-0.15, -0.1) is 30.0 Å². The maximum absolute atomic E-state index is 12.7. The molecule has 0 radical (unpaired) electrons. The lowest BCUT2D eigenvalue weighted by molar-refractivity contribution is -0.152. The normalized spacial score (nSPS) is 12.0. The van der Waals surface area contributed by atoms with Crippen LogP contribution in [0.2, 0.25) is 0 Å². The Balaban J connectivity index is 1.03. The number of benzene rings is 4. The standard InChI is InChI=1S/C40H44N6O6/c1-39(2,3)27-21-25(23-33(37(27)49)45-41-29-11-7-8-12-30(29)42-45)15-17-35(47)51-19-20-52-36(48)18-16-26-22-28(40(4,5)6)38(50)34(24-26)46-43-31-13-9-10-14-32(31)44-46/h7-14,21-24,49-50H,15-20H2,1-6H3. The van der Waals surface area contributed by atoms with Crippen molar-refractivity contribution in [2.24, 2.45) is 0 Å². The van der Waals surface area contributed by atoms with E-state index in [2.05, 4.69) is 20.4 Å². The lowest BCUT2D eigenvalue weighted by Crippen LogP contribution is -2.16. The number of fused-ring (bicyclic) bond motifs is 2. The van der Waals surface area contributed by atoms with E-state index in [9.17, 15) is 19.8 Å². The number of aryl methyl sites for hydroxylation is 2. The van der Waals surface area contributed by atoms with E-state index in [0.29, 0.717) is 57.4 Å². The van der Waals surface area contributed by atoms with Gasteiger partial charge in [-0.05, 0) is 71.2 Å². The van der Waals surface area contributed by atoms with E-state index in [1.807, 2.05) is 102 Å². The molecule has 2 aromatic heterocycles. The first-order chi connectivity index (χ1) is 24.7. The second kappa shape index (κ2) is 14.5. The monoisotopic (exact) mass is 704 g/mol. The molecule has 6 rings (SSSR count). The third-order valence-electron chi connectivity index (χ3n) is 8.76. The summed E-state index contributed by atoms with van der Waals surface area (Å²) in [4.78, 5) is 28.2. The maximum Gasteiger partial charge on any atom is 0.306 e. The topological polar surface area (TPSA) is 154 Å². The van der Waals surface area contributed by atoms with Crippen molar-refractivity contribution in [1.82, 2.24) is 30.0 Å². The molecule has 0 unspecified atom stereocenters. The van der Waals surface area contributed by atoms with Crippen LogP contribution in [0, 0.1) is 0 Å². The Kier molecular flexibility index (Phi) is 10.0. The minimum atomic E-state index is -0.433. The summed E-state index contributed by atoms with van der Waals surface area (Å²) >= 11 is 0. The largest absolute Gasteiger partial charge is 0.505 e. The average molecular weight is 705 g/mol. The summed E-state index contributed by atoms with van der Waals surface area (Å²) in [6, 6.07) is 22.3. The predicted octanol–water partition coefficient (Wildman–Crippen LogP) is 6.81. The number of aromatic hydroxyl groups is 2. The number of aromatic nitrogens is 6. The molecule has 6 aromatic rings. The van der Waals surface area contributed by atoms with E-state index in [1.54, 1.807) is 12.1 Å². The van der Waals surface area contributed by atoms with E-state index >= 15 is 0 Å². The van der Waals surface area contributed by atoms with Crippen molar-refractivity contribution in [2.45, 2.75) is 78.1 Å². The van der Waals surface area contributed by atoms with Crippen LogP contribution in [0.15, 0.2) is 72.8 Å². The number of phenols is 2. The van der Waals surface area contributed by atoms with Crippen LogP contribution in [0.5, 0.6) is 11.5 Å². The van der Waals surface area contributed by atoms with E-state index in [0.717, 1.165) is 11.1 Å². The second-order valence-electron chi connectivity index (χ2n) is 14.9. The van der Waals surface area contributed by atoms with Gasteiger partial charge < -0.3 is 19.7 Å². The molecule has 2 N–H and O–H groups in total. The van der Waals surface area contributed by atoms with Crippen molar-refractivity contribution in [3.63, 3.8) is 0 Å². The molecule has 4 aromatic carbocycles. The number of carbonyl (C=O) groups excluding carboxylic acids is 2. The number of hydrogen-bond acceptors (Lipinski definition) is 10. The first-order valence-corrected chi connectivity index (χ1v) is 17.4. The third-order valence-corrected chi connectivity index (χ3v) is 8.76. The molecule has 2 heterocycles. The Morgan fingerprint density at radius 2 is 0.904 bits per heavy atom. The molecule has 0 aliphatic carbocycles. The van der Waals surface area contributed by atoms with Crippen molar-refractivity contribution >= 4 is 34.0 Å². The number of phenolic OH excluding ortho intramolecular Hbond substituents is 2. The molecule has 270 valence electrons. The zero-order chi connectivity index (χ0) is 37.2. The summed E-state index contributed by atoms with van der Waals surface area (Å²) in [5.41, 5.74) is 6.01. The van der Waals surface area contributed by atoms with Crippen molar-refractivity contribution in [1.29, 1.82) is 0 Å². The number of rotatable bonds is 11. The van der Waals surface area contributed by atoms with Gasteiger partial charge in [-0.1, -0.05) is 77.9 Å². The van der Waals surface area contributed by atoms with Crippen LogP contribution in [-0.2, 0) is 42.7 Å². The fourth-order valence-corrected chi connectivity index (χ4v) is 5.97. The highest BCUT2D eigenvalue weighted by Crippen LogP contribution is 2.38. The highest BCUT2D eigenvalue weighted by molar-refractivity contribution is 5.75. The molecule has 0 spiro atoms. The molecule has 0 bridgehead atoms. The molecule has 0 aliphatic heterocycles. The SMILES string of the molecule is CC(C)(C)c1cc(CCC(=O)OCCOC(=O)CCc2cc(-n3nc4ccccc4n3)c(O)c(C(C)(C)C)c2)cc(-n2nc3ccccc3n2)c1O. The lowest BCUT2D eigenvalue weighted by Gasteiger charge is -2.23. The highest BCUT2D eigenvalue weighted by atomic mass is 16.6. The van der Waals surface area contributed by atoms with Crippen LogP contribution in [0.25, 0.3) is 33.4 Å². The van der Waals surface area contributed by atoms with Crippen LogP contribution in [0.1, 0.15) is 76.6 Å². The zero-order valence-corrected chi connectivity index (χ0v) is 30.4. The molecule has 0 atom stereocenters. The van der Waals surface area contributed by atoms with Crippen LogP contribution >= 0.6 is 0 Å². The summed E-state index contributed by atoms with van der Waals surface area (Å²) in [6.07, 6.45) is 0.919. The maximum atomic E-state index is 12.7. The molecule has 0 fully saturated rings. The molecule has 12 nitrogen and oxygen atoms in total. The summed E-state index contributed by atoms with van der Waals surface area (Å²) in [6.45, 7) is 11.9. The third kappa shape index (κ3) is 8.06. The smallest absolute Gasteiger partial charge is 0.306 e. The average Bonchev–Trinajstić information content (AvgIpc) is 3.73. The second-order valence-corrected chi connectivity index (χ2v) is 14.9. The van der Waals surface area contributed by atoms with Gasteiger partial charge in [0.25, 0.3) is 0 Å². The number of esters is 2. The fraction of sp³-hybridized carbons (Fsp3) is 0.350. The first kappa shape index (κ1) is 36.0. The van der Waals surface area contributed by atoms with Crippen LogP contribution in [0.3, 0.4) is 0 Å². The minimum absolute atomic E-state index is 0.0709. The lowest BCUT2D eigenvalue weighted by atomic mass is 9.84. The quantitative estimate of drug-likeness (QED) is 0.109. The van der Waals surface area contributed by atoms with Crippen molar-refractivity contribution < 1.29 is 29.3 Å². The van der Waals surface area contributed by atoms with Crippen molar-refractivity contribution in [2.75, 3.05) is 13.2 Å². The zero-order valence-electron chi connectivity index (χ0n) is 30.4. The van der Waals surface area contributed by atoms with E-state index in [-0.39, 0.29) is 48.4 Å². The van der Waals surface area contributed by atoms with Crippen molar-refractivity contribution in [3.8, 4) is 22.9 Å². The Hall–Kier alpha value is -5.78. The summed E-state index contributed by atoms with van der Waals surface area (Å²) in [7, 11) is 0. The Bertz CT molecular complexity index is 2030. The van der Waals surface area contributed by atoms with Gasteiger partial charge in [0, 0.05) is 24.0 Å². The summed E-state index contributed by atoms with van der Waals surface area (Å²) < 4.78 is 10.7. The van der Waals surface area contributed by atoms with E-state index in [4.69, 9.17) is 9.47 Å². The number of carbonyl (C=O) groups is 2. The van der Waals surface area contributed by atoms with Gasteiger partial charge in [0.2, 0.25) is 0 Å². The van der Waals surface area contributed by atoms with Gasteiger partial charge in [-0.25, -0.2) is 0 Å². The van der Waals surface area contributed by atoms with Gasteiger partial charge >= 0.3 is 11.9 Å². The predicted molar refractivity (Wildman–Crippen MR) is 197 cm³/mol. The van der Waals surface area contributed by atoms with Gasteiger partial charge in [-0.3, -0.25) is 9.59 Å². The molecular formula is C40H44N6O6. The van der Waals surface area contributed by atoms with Gasteiger partial charge in [-0.2, -0.15) is 0 Å². The molecule has 0 aliphatic rings. The van der Waals surface area contributed by atoms with Crippen LogP contribution in [0.4, 0.5) is 0 Å². The molecule has 12 heteroatoms. The number of ether oxygens (including phenoxy) is 2. The van der Waals surface area contributed by atoms with E-state index in [1.165, 1.54) is 9.59 Å². The minimum Gasteiger partial charge on any atom is -0.505 e. The summed E-state index contributed by atoms with van der Waals surface area (Å²) in [5.74, 6) is -0.690. The molecular weight excluding hydrogens is 660 g/mol. The van der Waals surface area contributed by atoms with Crippen LogP contribution in [-0.4, -0.2) is 65.4 Å². The Labute approximate surface area is 302 Å². The fourth-order valence-electron chi connectivity index (χ4n) is 5.97. The molecule has 0 saturated carbocycles.